The molecule has 0 aliphatic carbocycles. The van der Waals surface area contributed by atoms with Crippen molar-refractivity contribution in [2.24, 2.45) is 22.7 Å². The quantitative estimate of drug-likeness (QED) is 0.0614. The first-order valence-corrected chi connectivity index (χ1v) is 32.0. The molecule has 4 heterocycles. The first kappa shape index (κ1) is 69.7. The molecule has 2 aliphatic heterocycles. The van der Waals surface area contributed by atoms with Crippen LogP contribution >= 0.6 is 23.5 Å². The van der Waals surface area contributed by atoms with Crippen LogP contribution in [0.3, 0.4) is 0 Å². The number of benzene rings is 3. The van der Waals surface area contributed by atoms with Crippen LogP contribution in [0.2, 0.25) is 0 Å². The van der Waals surface area contributed by atoms with E-state index in [2.05, 4.69) is 41.7 Å². The third-order valence-corrected chi connectivity index (χ3v) is 17.7. The average Bonchev–Trinajstić information content (AvgIpc) is 1.64. The van der Waals surface area contributed by atoms with E-state index in [-0.39, 0.29) is 74.2 Å². The Hall–Kier alpha value is -7.74. The first-order valence-electron chi connectivity index (χ1n) is 30.3. The molecule has 0 radical (unpaired) electrons. The van der Waals surface area contributed by atoms with Gasteiger partial charge >= 0.3 is 12.2 Å². The number of rotatable bonds is 22. The normalized spacial score (nSPS) is 18.4. The van der Waals surface area contributed by atoms with Crippen molar-refractivity contribution in [2.45, 2.75) is 203 Å². The Kier molecular flexibility index (Phi) is 22.5. The second-order valence-corrected chi connectivity index (χ2v) is 29.7. The van der Waals surface area contributed by atoms with Crippen LogP contribution in [0, 0.1) is 22.7 Å². The lowest BCUT2D eigenvalue weighted by Crippen LogP contribution is -2.59. The average molecular weight is 1280 g/mol. The molecule has 24 nitrogen and oxygen atoms in total. The van der Waals surface area contributed by atoms with Crippen molar-refractivity contribution in [3.05, 3.63) is 96.1 Å². The molecule has 2 fully saturated rings. The van der Waals surface area contributed by atoms with Crippen LogP contribution < -0.4 is 10.6 Å². The maximum Gasteiger partial charge on any atom is 0.410 e. The lowest BCUT2D eigenvalue weighted by Gasteiger charge is -2.37. The van der Waals surface area contributed by atoms with Gasteiger partial charge in [-0.15, -0.1) is 10.2 Å². The molecule has 3 aromatic carbocycles. The third kappa shape index (κ3) is 18.7. The minimum atomic E-state index is -1.06. The van der Waals surface area contributed by atoms with E-state index in [1.54, 1.807) is 98.8 Å². The second-order valence-electron chi connectivity index (χ2n) is 27.6. The van der Waals surface area contributed by atoms with E-state index in [0.717, 1.165) is 9.79 Å². The fraction of sp³-hybridized carbons (Fsp3) is 0.562. The second kappa shape index (κ2) is 29.0. The Balaban J connectivity index is 1.10. The molecule has 8 atom stereocenters. The number of aromatic nitrogens is 8. The van der Waals surface area contributed by atoms with Gasteiger partial charge in [-0.25, -0.2) is 19.0 Å². The van der Waals surface area contributed by atoms with Crippen LogP contribution in [0.25, 0.3) is 0 Å². The zero-order chi connectivity index (χ0) is 66.2. The van der Waals surface area contributed by atoms with Crippen molar-refractivity contribution in [3.63, 3.8) is 0 Å². The van der Waals surface area contributed by atoms with E-state index in [1.807, 2.05) is 102 Å². The molecule has 7 rings (SSSR count). The fourth-order valence-corrected chi connectivity index (χ4v) is 12.3. The highest BCUT2D eigenvalue weighted by atomic mass is 32.2. The molecule has 0 saturated carbocycles. The molecule has 0 unspecified atom stereocenters. The van der Waals surface area contributed by atoms with Gasteiger partial charge in [0.05, 0.1) is 25.2 Å². The molecule has 6 amide bonds. The molecular formula is C64H88N14O10S2. The number of amides is 6. The van der Waals surface area contributed by atoms with Crippen LogP contribution in [0.1, 0.15) is 143 Å². The SMILES string of the molecule is C[C@@H](C(=O)N[C@H](C(=O)N1C[C@@H](CC(=O)c2cccc(C(=O)C[C@H]3C[C@@H](Cn4nnnc4Sc4ccccc4)N(C(=O)[C@@H](NC(=O)[C@H](C)N(C)C(=O)OC(C)(C)C)C(C)(C)C)C3)c2)C[C@H]1Cn1nnnc1Sc1ccccc1)C(C)(C)C)N(C)C(=O)OC(C)(C)C. The summed E-state index contributed by atoms with van der Waals surface area (Å²) in [5.74, 6) is -3.07. The van der Waals surface area contributed by atoms with Crippen LogP contribution in [-0.4, -0.2) is 182 Å². The van der Waals surface area contributed by atoms with Crippen molar-refractivity contribution < 1.29 is 47.8 Å². The van der Waals surface area contributed by atoms with Gasteiger partial charge in [-0.05, 0) is 166 Å². The van der Waals surface area contributed by atoms with Crippen molar-refractivity contribution in [1.29, 1.82) is 0 Å². The monoisotopic (exact) mass is 1280 g/mol. The lowest BCUT2D eigenvalue weighted by atomic mass is 9.85. The van der Waals surface area contributed by atoms with Gasteiger partial charge in [0, 0.05) is 60.9 Å². The number of ether oxygens (including phenoxy) is 2. The molecular weight excluding hydrogens is 1190 g/mol. The van der Waals surface area contributed by atoms with E-state index in [9.17, 15) is 28.8 Å². The zero-order valence-electron chi connectivity index (χ0n) is 54.6. The Morgan fingerprint density at radius 3 is 1.23 bits per heavy atom. The van der Waals surface area contributed by atoms with Gasteiger partial charge in [-0.1, -0.05) is 96.1 Å². The van der Waals surface area contributed by atoms with Gasteiger partial charge in [0.2, 0.25) is 33.9 Å². The summed E-state index contributed by atoms with van der Waals surface area (Å²) in [5, 5.41) is 32.1. The molecule has 0 bridgehead atoms. The molecule has 0 spiro atoms. The zero-order valence-corrected chi connectivity index (χ0v) is 56.3. The predicted molar refractivity (Wildman–Crippen MR) is 338 cm³/mol. The summed E-state index contributed by atoms with van der Waals surface area (Å²) < 4.78 is 14.3. The van der Waals surface area contributed by atoms with Gasteiger partial charge in [0.1, 0.15) is 35.4 Å². The van der Waals surface area contributed by atoms with E-state index in [0.29, 0.717) is 34.3 Å². The summed E-state index contributed by atoms with van der Waals surface area (Å²) in [4.78, 5) is 121. The molecule has 2 N–H and O–H groups in total. The summed E-state index contributed by atoms with van der Waals surface area (Å²) in [6.45, 7) is 25.2. The van der Waals surface area contributed by atoms with Crippen molar-refractivity contribution in [3.8, 4) is 0 Å². The smallest absolute Gasteiger partial charge is 0.410 e. The van der Waals surface area contributed by atoms with Crippen molar-refractivity contribution in [2.75, 3.05) is 27.2 Å². The Labute approximate surface area is 536 Å². The number of likely N-dealkylation sites (N-methyl/N-ethyl adjacent to an activating group) is 2. The van der Waals surface area contributed by atoms with Crippen molar-refractivity contribution in [1.82, 2.24) is 70.6 Å². The molecule has 5 aromatic rings. The fourth-order valence-electron chi connectivity index (χ4n) is 10.7. The number of ketones is 2. The van der Waals surface area contributed by atoms with Gasteiger partial charge in [0.15, 0.2) is 11.6 Å². The lowest BCUT2D eigenvalue weighted by molar-refractivity contribution is -0.141. The van der Waals surface area contributed by atoms with E-state index >= 15 is 9.59 Å². The number of carbonyl (C=O) groups is 8. The number of nitrogens with zero attached hydrogens (tertiary/aromatic N) is 12. The highest BCUT2D eigenvalue weighted by Gasteiger charge is 2.46. The number of Topliss-reactive ketones (excluding diaryl/α,β-unsaturated/α-hetero) is 2. The number of hydrogen-bond donors (Lipinski definition) is 2. The summed E-state index contributed by atoms with van der Waals surface area (Å²) in [6, 6.07) is 20.6. The van der Waals surface area contributed by atoms with Crippen LogP contribution in [0.5, 0.6) is 0 Å². The highest BCUT2D eigenvalue weighted by Crippen LogP contribution is 2.36. The van der Waals surface area contributed by atoms with Crippen LogP contribution in [-0.2, 0) is 41.7 Å². The maximum absolute atomic E-state index is 15.1. The highest BCUT2D eigenvalue weighted by molar-refractivity contribution is 7.99. The number of tetrazole rings is 2. The van der Waals surface area contributed by atoms with Crippen LogP contribution in [0.15, 0.2) is 105 Å². The summed E-state index contributed by atoms with van der Waals surface area (Å²) in [5.41, 5.74) is -2.61. The Morgan fingerprint density at radius 2 is 0.900 bits per heavy atom. The van der Waals surface area contributed by atoms with Gasteiger partial charge in [-0.2, -0.15) is 0 Å². The first-order chi connectivity index (χ1) is 42.1. The summed E-state index contributed by atoms with van der Waals surface area (Å²) in [6.07, 6.45) is -0.587. The van der Waals surface area contributed by atoms with Crippen molar-refractivity contribution >= 4 is 70.9 Å². The Morgan fingerprint density at radius 1 is 0.544 bits per heavy atom. The van der Waals surface area contributed by atoms with Gasteiger partial charge in [-0.3, -0.25) is 38.6 Å². The molecule has 26 heteroatoms. The standard InChI is InChI=1S/C64H88N14O10S2/c1-39(73(15)59(85)87-63(9,10)11)53(81)65-51(61(3,4)5)55(83)75-35-41(30-45(75)37-77-57(67-69-71-77)89-47-26-19-17-20-27-47)32-49(79)43-24-23-25-44(34-43)50(80)33-42-31-46(38-78-58(68-70-72-78)90-48-28-21-18-22-29-48)76(36-42)56(84)52(62(6,7)8)66-54(82)40(2)74(16)60(86)88-64(12,13)14/h17-29,34,39-42,45-46,51-52H,30-33,35-38H2,1-16H3,(H,65,81)(H,66,82)/t39-,40-,41+,42+,45-,46-,51+,52+/m0/s1. The predicted octanol–water partition coefficient (Wildman–Crippen LogP) is 8.51. The number of carbonyl (C=O) groups excluding carboxylic acids is 8. The van der Waals surface area contributed by atoms with E-state index < -0.39 is 82.3 Å². The van der Waals surface area contributed by atoms with Crippen LogP contribution in [0.4, 0.5) is 9.59 Å². The van der Waals surface area contributed by atoms with Gasteiger partial charge in [0.25, 0.3) is 0 Å². The minimum Gasteiger partial charge on any atom is -0.444 e. The van der Waals surface area contributed by atoms with Gasteiger partial charge < -0.3 is 29.9 Å². The minimum absolute atomic E-state index is 0.0219. The van der Waals surface area contributed by atoms with E-state index in [4.69, 9.17) is 9.47 Å². The maximum atomic E-state index is 15.1. The Bertz CT molecular complexity index is 3140. The number of hydrogen-bond acceptors (Lipinski definition) is 18. The third-order valence-electron chi connectivity index (χ3n) is 15.8. The largest absolute Gasteiger partial charge is 0.444 e. The van der Waals surface area contributed by atoms with E-state index in [1.165, 1.54) is 47.4 Å². The molecule has 2 saturated heterocycles. The number of likely N-dealkylation sites (tertiary alicyclic amines) is 2. The summed E-state index contributed by atoms with van der Waals surface area (Å²) >= 11 is 2.73. The molecule has 90 heavy (non-hydrogen) atoms. The molecule has 2 aromatic heterocycles. The topological polar surface area (TPSA) is 279 Å². The molecule has 2 aliphatic rings. The molecule has 486 valence electrons. The summed E-state index contributed by atoms with van der Waals surface area (Å²) in [7, 11) is 2.93. The number of nitrogens with one attached hydrogen (secondary N) is 2.